The van der Waals surface area contributed by atoms with E-state index >= 15 is 0 Å². The molecule has 2 aromatic carbocycles. The molecule has 0 aliphatic rings. The molecule has 112 valence electrons. The summed E-state index contributed by atoms with van der Waals surface area (Å²) in [5.74, 6) is -0.588. The molecule has 0 saturated heterocycles. The predicted molar refractivity (Wildman–Crippen MR) is 74.6 cm³/mol. The van der Waals surface area contributed by atoms with Gasteiger partial charge in [-0.1, -0.05) is 48.5 Å². The molecular formula is C16H16F3NO. The summed E-state index contributed by atoms with van der Waals surface area (Å²) in [7, 11) is 0. The minimum absolute atomic E-state index is 0.0529. The normalized spacial score (nSPS) is 14.7. The summed E-state index contributed by atoms with van der Waals surface area (Å²) in [5, 5.41) is 10.4. The van der Waals surface area contributed by atoms with Crippen molar-refractivity contribution in [2.75, 3.05) is 6.54 Å². The monoisotopic (exact) mass is 295 g/mol. The summed E-state index contributed by atoms with van der Waals surface area (Å²) in [6.07, 6.45) is -5.82. The van der Waals surface area contributed by atoms with Gasteiger partial charge < -0.3 is 10.8 Å². The molecule has 5 heteroatoms. The molecule has 2 atom stereocenters. The van der Waals surface area contributed by atoms with Crippen molar-refractivity contribution in [2.45, 2.75) is 18.2 Å². The van der Waals surface area contributed by atoms with Crippen molar-refractivity contribution in [1.29, 1.82) is 0 Å². The number of hydrogen-bond donors (Lipinski definition) is 2. The average Bonchev–Trinajstić information content (AvgIpc) is 2.48. The molecule has 0 fully saturated rings. The quantitative estimate of drug-likeness (QED) is 0.907. The van der Waals surface area contributed by atoms with Crippen LogP contribution in [0.4, 0.5) is 13.2 Å². The highest BCUT2D eigenvalue weighted by atomic mass is 19.4. The zero-order chi connectivity index (χ0) is 15.5. The molecule has 3 N–H and O–H groups in total. The van der Waals surface area contributed by atoms with Crippen LogP contribution in [0.15, 0.2) is 54.6 Å². The minimum atomic E-state index is -4.51. The molecule has 21 heavy (non-hydrogen) atoms. The molecule has 0 radical (unpaired) electrons. The first-order valence-corrected chi connectivity index (χ1v) is 6.54. The maximum Gasteiger partial charge on any atom is 0.416 e. The number of aliphatic hydroxyl groups excluding tert-OH is 1. The van der Waals surface area contributed by atoms with E-state index in [-0.39, 0.29) is 12.1 Å². The highest BCUT2D eigenvalue weighted by Crippen LogP contribution is 2.38. The SMILES string of the molecule is NCC(c1ccccc1)C(O)c1ccccc1C(F)(F)F. The third kappa shape index (κ3) is 3.43. The fraction of sp³-hybridized carbons (Fsp3) is 0.250. The van der Waals surface area contributed by atoms with E-state index in [1.54, 1.807) is 30.3 Å². The van der Waals surface area contributed by atoms with Gasteiger partial charge in [0.05, 0.1) is 11.7 Å². The van der Waals surface area contributed by atoms with Gasteiger partial charge in [-0.2, -0.15) is 13.2 Å². The molecule has 0 aliphatic heterocycles. The van der Waals surface area contributed by atoms with E-state index in [9.17, 15) is 18.3 Å². The van der Waals surface area contributed by atoms with Crippen molar-refractivity contribution in [1.82, 2.24) is 0 Å². The lowest BCUT2D eigenvalue weighted by molar-refractivity contribution is -0.139. The zero-order valence-corrected chi connectivity index (χ0v) is 11.2. The fourth-order valence-corrected chi connectivity index (χ4v) is 2.38. The van der Waals surface area contributed by atoms with Crippen LogP contribution in [-0.4, -0.2) is 11.7 Å². The van der Waals surface area contributed by atoms with E-state index in [0.717, 1.165) is 6.07 Å². The van der Waals surface area contributed by atoms with Crippen molar-refractivity contribution >= 4 is 0 Å². The topological polar surface area (TPSA) is 46.2 Å². The van der Waals surface area contributed by atoms with Gasteiger partial charge in [0.1, 0.15) is 0 Å². The van der Waals surface area contributed by atoms with Crippen LogP contribution in [0.5, 0.6) is 0 Å². The van der Waals surface area contributed by atoms with Gasteiger partial charge in [0.25, 0.3) is 0 Å². The van der Waals surface area contributed by atoms with Gasteiger partial charge in [0, 0.05) is 12.5 Å². The van der Waals surface area contributed by atoms with E-state index in [4.69, 9.17) is 5.73 Å². The summed E-state index contributed by atoms with van der Waals surface area (Å²) >= 11 is 0. The van der Waals surface area contributed by atoms with Crippen LogP contribution < -0.4 is 5.73 Å². The Morgan fingerprint density at radius 1 is 0.952 bits per heavy atom. The highest BCUT2D eigenvalue weighted by molar-refractivity contribution is 5.35. The van der Waals surface area contributed by atoms with Crippen LogP contribution in [-0.2, 0) is 6.18 Å². The Hall–Kier alpha value is -1.85. The Morgan fingerprint density at radius 3 is 2.10 bits per heavy atom. The van der Waals surface area contributed by atoms with E-state index in [0.29, 0.717) is 5.56 Å². The lowest BCUT2D eigenvalue weighted by atomic mass is 9.87. The maximum atomic E-state index is 13.0. The second-order valence-electron chi connectivity index (χ2n) is 4.78. The number of hydrogen-bond acceptors (Lipinski definition) is 2. The second-order valence-corrected chi connectivity index (χ2v) is 4.78. The summed E-state index contributed by atoms with van der Waals surface area (Å²) in [5.41, 5.74) is 5.40. The van der Waals surface area contributed by atoms with Crippen molar-refractivity contribution in [3.8, 4) is 0 Å². The first kappa shape index (κ1) is 15.5. The number of alkyl halides is 3. The van der Waals surface area contributed by atoms with Crippen molar-refractivity contribution < 1.29 is 18.3 Å². The molecule has 0 amide bonds. The van der Waals surface area contributed by atoms with Gasteiger partial charge in [-0.05, 0) is 17.2 Å². The Balaban J connectivity index is 2.42. The van der Waals surface area contributed by atoms with Gasteiger partial charge in [-0.3, -0.25) is 0 Å². The van der Waals surface area contributed by atoms with E-state index in [1.807, 2.05) is 0 Å². The van der Waals surface area contributed by atoms with Crippen LogP contribution in [0.3, 0.4) is 0 Å². The maximum absolute atomic E-state index is 13.0. The Morgan fingerprint density at radius 2 is 1.52 bits per heavy atom. The van der Waals surface area contributed by atoms with Crippen LogP contribution in [0.25, 0.3) is 0 Å². The summed E-state index contributed by atoms with van der Waals surface area (Å²) < 4.78 is 39.1. The highest BCUT2D eigenvalue weighted by Gasteiger charge is 2.36. The third-order valence-electron chi connectivity index (χ3n) is 3.45. The Kier molecular flexibility index (Phi) is 4.65. The largest absolute Gasteiger partial charge is 0.416 e. The van der Waals surface area contributed by atoms with E-state index < -0.39 is 23.8 Å². The Labute approximate surface area is 121 Å². The molecule has 0 aromatic heterocycles. The van der Waals surface area contributed by atoms with E-state index in [1.165, 1.54) is 18.2 Å². The molecule has 2 aromatic rings. The molecule has 2 rings (SSSR count). The summed E-state index contributed by atoms with van der Waals surface area (Å²) in [6.45, 7) is 0.0529. The van der Waals surface area contributed by atoms with Crippen LogP contribution in [0.2, 0.25) is 0 Å². The molecule has 2 unspecified atom stereocenters. The lowest BCUT2D eigenvalue weighted by Gasteiger charge is -2.25. The van der Waals surface area contributed by atoms with Crippen molar-refractivity contribution in [3.63, 3.8) is 0 Å². The third-order valence-corrected chi connectivity index (χ3v) is 3.45. The number of rotatable bonds is 4. The lowest BCUT2D eigenvalue weighted by Crippen LogP contribution is -2.22. The number of halogens is 3. The smallest absolute Gasteiger partial charge is 0.388 e. The first-order valence-electron chi connectivity index (χ1n) is 6.54. The van der Waals surface area contributed by atoms with Gasteiger partial charge in [0.2, 0.25) is 0 Å². The van der Waals surface area contributed by atoms with Crippen molar-refractivity contribution in [3.05, 3.63) is 71.3 Å². The molecule has 0 saturated carbocycles. The number of benzene rings is 2. The fourth-order valence-electron chi connectivity index (χ4n) is 2.38. The summed E-state index contributed by atoms with van der Waals surface area (Å²) in [6, 6.07) is 13.9. The van der Waals surface area contributed by atoms with Gasteiger partial charge >= 0.3 is 6.18 Å². The molecular weight excluding hydrogens is 279 g/mol. The molecule has 0 bridgehead atoms. The number of nitrogens with two attached hydrogens (primary N) is 1. The van der Waals surface area contributed by atoms with Gasteiger partial charge in [-0.25, -0.2) is 0 Å². The molecule has 0 heterocycles. The number of aliphatic hydroxyl groups is 1. The van der Waals surface area contributed by atoms with E-state index in [2.05, 4.69) is 0 Å². The van der Waals surface area contributed by atoms with Crippen LogP contribution in [0.1, 0.15) is 28.7 Å². The van der Waals surface area contributed by atoms with Crippen LogP contribution >= 0.6 is 0 Å². The first-order chi connectivity index (χ1) is 9.95. The zero-order valence-electron chi connectivity index (χ0n) is 11.2. The van der Waals surface area contributed by atoms with Gasteiger partial charge in [-0.15, -0.1) is 0 Å². The minimum Gasteiger partial charge on any atom is -0.388 e. The van der Waals surface area contributed by atoms with Crippen molar-refractivity contribution in [2.24, 2.45) is 5.73 Å². The predicted octanol–water partition coefficient (Wildman–Crippen LogP) is 3.48. The standard InChI is InChI=1S/C16H16F3NO/c17-16(18,19)14-9-5-4-8-12(14)15(21)13(10-20)11-6-2-1-3-7-11/h1-9,13,15,21H,10,20H2. The van der Waals surface area contributed by atoms with Crippen LogP contribution in [0, 0.1) is 0 Å². The van der Waals surface area contributed by atoms with Gasteiger partial charge in [0.15, 0.2) is 0 Å². The molecule has 2 nitrogen and oxygen atoms in total. The molecule has 0 aliphatic carbocycles. The summed E-state index contributed by atoms with van der Waals surface area (Å²) in [4.78, 5) is 0. The Bertz CT molecular complexity index is 584. The average molecular weight is 295 g/mol. The second kappa shape index (κ2) is 6.28. The molecule has 0 spiro atoms.